The molecule has 0 fully saturated rings. The summed E-state index contributed by atoms with van der Waals surface area (Å²) in [6.45, 7) is 0. The average Bonchev–Trinajstić information content (AvgIpc) is 3.90. The first kappa shape index (κ1) is 31.4. The molecule has 1 spiro atoms. The normalized spacial score (nSPS) is 13.9. The molecule has 12 rings (SSSR count). The highest BCUT2D eigenvalue weighted by atomic mass is 16.3. The number of rotatable bonds is 5. The third kappa shape index (κ3) is 4.31. The zero-order valence-corrected chi connectivity index (χ0v) is 30.7. The quantitative estimate of drug-likeness (QED) is 0.173. The topological polar surface area (TPSA) is 13.1 Å². The van der Waals surface area contributed by atoms with Crippen molar-refractivity contribution >= 4 is 32.7 Å². The SMILES string of the molecule is c1ccc2c(c1)-c1ccccc1C21c2ccccc2-c2cccc(C(Cc3ccc(-c4cccc5c4oc4ccccc45)cc3)c3cccc4ccccc34)c21. The van der Waals surface area contributed by atoms with E-state index in [2.05, 4.69) is 194 Å². The molecule has 1 unspecified atom stereocenters. The lowest BCUT2D eigenvalue weighted by molar-refractivity contribution is 0.670. The van der Waals surface area contributed by atoms with Crippen LogP contribution in [0, 0.1) is 0 Å². The van der Waals surface area contributed by atoms with Gasteiger partial charge >= 0.3 is 0 Å². The fourth-order valence-corrected chi connectivity index (χ4v) is 10.5. The zero-order valence-electron chi connectivity index (χ0n) is 30.7. The molecule has 0 saturated heterocycles. The first-order valence-corrected chi connectivity index (χ1v) is 19.7. The molecule has 1 aromatic heterocycles. The maximum atomic E-state index is 6.45. The first-order chi connectivity index (χ1) is 27.8. The number of benzene rings is 9. The second-order valence-corrected chi connectivity index (χ2v) is 15.5. The van der Waals surface area contributed by atoms with Gasteiger partial charge in [0.15, 0.2) is 0 Å². The number of furan rings is 1. The summed E-state index contributed by atoms with van der Waals surface area (Å²) in [4.78, 5) is 0. The van der Waals surface area contributed by atoms with E-state index in [0.717, 1.165) is 39.5 Å². The van der Waals surface area contributed by atoms with Crippen LogP contribution in [0.25, 0.3) is 66.1 Å². The van der Waals surface area contributed by atoms with Crippen molar-refractivity contribution < 1.29 is 4.42 Å². The second kappa shape index (κ2) is 12.0. The van der Waals surface area contributed by atoms with E-state index < -0.39 is 5.41 Å². The minimum absolute atomic E-state index is 0.0896. The van der Waals surface area contributed by atoms with Crippen LogP contribution < -0.4 is 0 Å². The Balaban J connectivity index is 1.07. The molecule has 2 aliphatic rings. The highest BCUT2D eigenvalue weighted by Crippen LogP contribution is 2.64. The lowest BCUT2D eigenvalue weighted by Crippen LogP contribution is -2.28. The van der Waals surface area contributed by atoms with Gasteiger partial charge in [-0.05, 0) is 90.0 Å². The molecule has 0 saturated carbocycles. The summed E-state index contributed by atoms with van der Waals surface area (Å²) in [5.74, 6) is 0.0896. The van der Waals surface area contributed by atoms with Crippen molar-refractivity contribution in [2.45, 2.75) is 17.8 Å². The van der Waals surface area contributed by atoms with Gasteiger partial charge in [0.1, 0.15) is 11.2 Å². The molecular weight excluding hydrogens is 677 g/mol. The van der Waals surface area contributed by atoms with Crippen molar-refractivity contribution in [3.05, 3.63) is 239 Å². The summed E-state index contributed by atoms with van der Waals surface area (Å²) < 4.78 is 6.45. The van der Waals surface area contributed by atoms with Gasteiger partial charge < -0.3 is 4.42 Å². The largest absolute Gasteiger partial charge is 0.455 e. The first-order valence-electron chi connectivity index (χ1n) is 19.7. The Hall–Kier alpha value is -6.96. The van der Waals surface area contributed by atoms with E-state index in [9.17, 15) is 0 Å². The second-order valence-electron chi connectivity index (χ2n) is 15.5. The molecule has 1 heterocycles. The van der Waals surface area contributed by atoms with Crippen molar-refractivity contribution in [1.82, 2.24) is 0 Å². The van der Waals surface area contributed by atoms with Crippen LogP contribution in [0.1, 0.15) is 44.9 Å². The van der Waals surface area contributed by atoms with Gasteiger partial charge in [-0.25, -0.2) is 0 Å². The van der Waals surface area contributed by atoms with Crippen molar-refractivity contribution in [1.29, 1.82) is 0 Å². The fourth-order valence-electron chi connectivity index (χ4n) is 10.5. The average molecular weight is 713 g/mol. The number of para-hydroxylation sites is 2. The maximum absolute atomic E-state index is 6.45. The number of hydrogen-bond acceptors (Lipinski definition) is 1. The van der Waals surface area contributed by atoms with Gasteiger partial charge in [0.25, 0.3) is 0 Å². The van der Waals surface area contributed by atoms with Gasteiger partial charge in [-0.1, -0.05) is 194 Å². The Morgan fingerprint density at radius 3 is 1.66 bits per heavy atom. The van der Waals surface area contributed by atoms with Gasteiger partial charge in [0, 0.05) is 22.3 Å². The molecule has 9 aromatic carbocycles. The maximum Gasteiger partial charge on any atom is 0.143 e. The van der Waals surface area contributed by atoms with Crippen LogP contribution in [0.4, 0.5) is 0 Å². The lowest BCUT2D eigenvalue weighted by Gasteiger charge is -2.34. The molecule has 1 atom stereocenters. The Morgan fingerprint density at radius 1 is 0.393 bits per heavy atom. The van der Waals surface area contributed by atoms with Gasteiger partial charge in [0.05, 0.1) is 5.41 Å². The lowest BCUT2D eigenvalue weighted by atomic mass is 9.67. The molecule has 262 valence electrons. The summed E-state index contributed by atoms with van der Waals surface area (Å²) in [6, 6.07) is 74.3. The molecule has 1 nitrogen and oxygen atoms in total. The van der Waals surface area contributed by atoms with Crippen LogP contribution in [-0.2, 0) is 11.8 Å². The Bertz CT molecular complexity index is 3110. The van der Waals surface area contributed by atoms with Crippen LogP contribution in [0.3, 0.4) is 0 Å². The zero-order chi connectivity index (χ0) is 36.8. The van der Waals surface area contributed by atoms with Gasteiger partial charge in [-0.15, -0.1) is 0 Å². The molecule has 1 heteroatoms. The highest BCUT2D eigenvalue weighted by molar-refractivity contribution is 6.09. The molecule has 0 aliphatic heterocycles. The standard InChI is InChI=1S/C55H36O/c1-2-16-38-36(14-1)15-11-22-40(38)48(34-35-30-32-37(33-31-35)39-21-12-25-47-44-20-6-10-29-52(44)56-54(39)47)46-24-13-23-45-43-19-5-9-28-51(43)55(53(45)46)49-26-7-3-17-41(49)42-18-4-8-27-50(42)55/h1-33,48H,34H2. The van der Waals surface area contributed by atoms with E-state index in [0.29, 0.717) is 0 Å². The van der Waals surface area contributed by atoms with E-state index in [1.54, 1.807) is 0 Å². The molecule has 10 aromatic rings. The predicted molar refractivity (Wildman–Crippen MR) is 231 cm³/mol. The summed E-state index contributed by atoms with van der Waals surface area (Å²) in [7, 11) is 0. The molecule has 0 N–H and O–H groups in total. The minimum atomic E-state index is -0.423. The minimum Gasteiger partial charge on any atom is -0.455 e. The molecule has 56 heavy (non-hydrogen) atoms. The van der Waals surface area contributed by atoms with Gasteiger partial charge in [-0.2, -0.15) is 0 Å². The van der Waals surface area contributed by atoms with E-state index in [1.807, 2.05) is 6.07 Å². The van der Waals surface area contributed by atoms with Gasteiger partial charge in [-0.3, -0.25) is 0 Å². The number of fused-ring (bicyclic) bond motifs is 14. The van der Waals surface area contributed by atoms with E-state index in [1.165, 1.54) is 72.0 Å². The molecule has 2 aliphatic carbocycles. The van der Waals surface area contributed by atoms with E-state index >= 15 is 0 Å². The van der Waals surface area contributed by atoms with E-state index in [-0.39, 0.29) is 5.92 Å². The smallest absolute Gasteiger partial charge is 0.143 e. The molecule has 0 amide bonds. The molecule has 0 bridgehead atoms. The Morgan fingerprint density at radius 2 is 0.911 bits per heavy atom. The highest BCUT2D eigenvalue weighted by Gasteiger charge is 2.53. The number of hydrogen-bond donors (Lipinski definition) is 0. The van der Waals surface area contributed by atoms with Crippen molar-refractivity contribution in [2.75, 3.05) is 0 Å². The third-order valence-corrected chi connectivity index (χ3v) is 12.7. The Labute approximate surface area is 326 Å². The molecule has 0 radical (unpaired) electrons. The summed E-state index contributed by atoms with van der Waals surface area (Å²) in [6.07, 6.45) is 0.856. The Kier molecular flexibility index (Phi) is 6.74. The van der Waals surface area contributed by atoms with Gasteiger partial charge in [0.2, 0.25) is 0 Å². The van der Waals surface area contributed by atoms with Crippen LogP contribution in [0.2, 0.25) is 0 Å². The van der Waals surface area contributed by atoms with Crippen molar-refractivity contribution in [3.8, 4) is 33.4 Å². The fraction of sp³-hybridized carbons (Fsp3) is 0.0545. The van der Waals surface area contributed by atoms with Crippen LogP contribution in [0.5, 0.6) is 0 Å². The monoisotopic (exact) mass is 712 g/mol. The summed E-state index contributed by atoms with van der Waals surface area (Å²) in [5.41, 5.74) is 18.7. The summed E-state index contributed by atoms with van der Waals surface area (Å²) in [5, 5.41) is 4.89. The predicted octanol–water partition coefficient (Wildman–Crippen LogP) is 14.1. The van der Waals surface area contributed by atoms with Crippen LogP contribution in [-0.4, -0.2) is 0 Å². The van der Waals surface area contributed by atoms with Crippen molar-refractivity contribution in [3.63, 3.8) is 0 Å². The van der Waals surface area contributed by atoms with Crippen LogP contribution >= 0.6 is 0 Å². The third-order valence-electron chi connectivity index (χ3n) is 12.7. The van der Waals surface area contributed by atoms with E-state index in [4.69, 9.17) is 4.42 Å². The van der Waals surface area contributed by atoms with Crippen molar-refractivity contribution in [2.24, 2.45) is 0 Å². The van der Waals surface area contributed by atoms with Crippen LogP contribution in [0.15, 0.2) is 205 Å². The molecular formula is C55H36O. The summed E-state index contributed by atoms with van der Waals surface area (Å²) >= 11 is 0.